The zero-order valence-corrected chi connectivity index (χ0v) is 13.1. The van der Waals surface area contributed by atoms with Gasteiger partial charge in [-0.2, -0.15) is 0 Å². The predicted molar refractivity (Wildman–Crippen MR) is 83.6 cm³/mol. The molecule has 2 nitrogen and oxygen atoms in total. The van der Waals surface area contributed by atoms with E-state index in [-0.39, 0.29) is 0 Å². The van der Waals surface area contributed by atoms with Crippen molar-refractivity contribution in [1.82, 2.24) is 0 Å². The topological polar surface area (TPSA) is 29.5 Å². The molecule has 2 rings (SSSR count). The van der Waals surface area contributed by atoms with Gasteiger partial charge >= 0.3 is 0 Å². The first-order valence-corrected chi connectivity index (χ1v) is 8.23. The normalized spacial score (nSPS) is 14.9. The Hall–Kier alpha value is -0.730. The SMILES string of the molecule is CCCCCCCCC(O)c1cc(Cl)cc2c1OCC2. The largest absolute Gasteiger partial charge is 0.493 e. The van der Waals surface area contributed by atoms with Gasteiger partial charge in [0.2, 0.25) is 0 Å². The number of aliphatic hydroxyl groups excluding tert-OH is 1. The summed E-state index contributed by atoms with van der Waals surface area (Å²) < 4.78 is 5.65. The lowest BCUT2D eigenvalue weighted by Crippen LogP contribution is -2.01. The van der Waals surface area contributed by atoms with Crippen LogP contribution in [0.1, 0.15) is 69.1 Å². The van der Waals surface area contributed by atoms with Crippen molar-refractivity contribution in [2.24, 2.45) is 0 Å². The molecule has 1 unspecified atom stereocenters. The van der Waals surface area contributed by atoms with Crippen LogP contribution in [0.5, 0.6) is 5.75 Å². The Morgan fingerprint density at radius 1 is 1.20 bits per heavy atom. The molecule has 112 valence electrons. The molecule has 1 aromatic carbocycles. The number of benzene rings is 1. The molecule has 0 saturated carbocycles. The fraction of sp³-hybridized carbons (Fsp3) is 0.647. The van der Waals surface area contributed by atoms with Crippen LogP contribution >= 0.6 is 11.6 Å². The molecule has 1 heterocycles. The third-order valence-corrected chi connectivity index (χ3v) is 4.19. The van der Waals surface area contributed by atoms with Crippen molar-refractivity contribution in [3.05, 3.63) is 28.3 Å². The Morgan fingerprint density at radius 2 is 1.95 bits per heavy atom. The van der Waals surface area contributed by atoms with Crippen molar-refractivity contribution in [2.45, 2.75) is 64.4 Å². The minimum absolute atomic E-state index is 0.452. The second kappa shape index (κ2) is 7.90. The lowest BCUT2D eigenvalue weighted by atomic mass is 9.99. The Labute approximate surface area is 127 Å². The van der Waals surface area contributed by atoms with Gasteiger partial charge in [0.15, 0.2) is 0 Å². The van der Waals surface area contributed by atoms with Crippen molar-refractivity contribution >= 4 is 11.6 Å². The Bertz CT molecular complexity index is 431. The molecule has 1 aliphatic heterocycles. The van der Waals surface area contributed by atoms with Crippen molar-refractivity contribution in [2.75, 3.05) is 6.61 Å². The molecular weight excluding hydrogens is 272 g/mol. The van der Waals surface area contributed by atoms with Crippen LogP contribution in [-0.4, -0.2) is 11.7 Å². The minimum atomic E-state index is -0.452. The van der Waals surface area contributed by atoms with Gasteiger partial charge in [0, 0.05) is 17.0 Å². The molecule has 0 aliphatic carbocycles. The lowest BCUT2D eigenvalue weighted by molar-refractivity contribution is 0.159. The van der Waals surface area contributed by atoms with Crippen LogP contribution < -0.4 is 4.74 Å². The first-order chi connectivity index (χ1) is 9.72. The molecule has 3 heteroatoms. The summed E-state index contributed by atoms with van der Waals surface area (Å²) in [5.41, 5.74) is 2.01. The number of hydrogen-bond acceptors (Lipinski definition) is 2. The summed E-state index contributed by atoms with van der Waals surface area (Å²) in [4.78, 5) is 0. The van der Waals surface area contributed by atoms with Gasteiger partial charge in [0.25, 0.3) is 0 Å². The predicted octanol–water partition coefficient (Wildman–Crippen LogP) is 5.06. The summed E-state index contributed by atoms with van der Waals surface area (Å²) in [5, 5.41) is 11.1. The van der Waals surface area contributed by atoms with Crippen molar-refractivity contribution in [1.29, 1.82) is 0 Å². The summed E-state index contributed by atoms with van der Waals surface area (Å²) in [5.74, 6) is 0.868. The van der Waals surface area contributed by atoms with E-state index in [4.69, 9.17) is 16.3 Å². The van der Waals surface area contributed by atoms with E-state index in [1.807, 2.05) is 12.1 Å². The van der Waals surface area contributed by atoms with Gasteiger partial charge in [-0.15, -0.1) is 0 Å². The van der Waals surface area contributed by atoms with Crippen LogP contribution in [0.2, 0.25) is 5.02 Å². The summed E-state index contributed by atoms with van der Waals surface area (Å²) >= 11 is 6.12. The standard InChI is InChI=1S/C17H25ClO2/c1-2-3-4-5-6-7-8-16(19)15-12-14(18)11-13-9-10-20-17(13)15/h11-12,16,19H,2-10H2,1H3. The number of unbranched alkanes of at least 4 members (excludes halogenated alkanes) is 5. The molecule has 0 spiro atoms. The number of rotatable bonds is 8. The summed E-state index contributed by atoms with van der Waals surface area (Å²) in [7, 11) is 0. The van der Waals surface area contributed by atoms with E-state index in [9.17, 15) is 5.11 Å². The van der Waals surface area contributed by atoms with Crippen molar-refractivity contribution in [3.63, 3.8) is 0 Å². The van der Waals surface area contributed by atoms with E-state index in [0.717, 1.165) is 36.1 Å². The van der Waals surface area contributed by atoms with Gasteiger partial charge in [-0.25, -0.2) is 0 Å². The Balaban J connectivity index is 1.85. The van der Waals surface area contributed by atoms with Crippen molar-refractivity contribution in [3.8, 4) is 5.75 Å². The third-order valence-electron chi connectivity index (χ3n) is 3.97. The van der Waals surface area contributed by atoms with Gasteiger partial charge in [0.1, 0.15) is 5.75 Å². The lowest BCUT2D eigenvalue weighted by Gasteiger charge is -2.15. The van der Waals surface area contributed by atoms with Gasteiger partial charge in [-0.05, 0) is 24.1 Å². The fourth-order valence-electron chi connectivity index (χ4n) is 2.82. The van der Waals surface area contributed by atoms with E-state index >= 15 is 0 Å². The fourth-order valence-corrected chi connectivity index (χ4v) is 3.07. The number of hydrogen-bond donors (Lipinski definition) is 1. The Morgan fingerprint density at radius 3 is 2.75 bits per heavy atom. The second-order valence-electron chi connectivity index (χ2n) is 5.65. The van der Waals surface area contributed by atoms with Gasteiger partial charge in [-0.1, -0.05) is 57.0 Å². The molecule has 1 atom stereocenters. The van der Waals surface area contributed by atoms with Crippen LogP contribution in [0, 0.1) is 0 Å². The van der Waals surface area contributed by atoms with Crippen LogP contribution in [0.15, 0.2) is 12.1 Å². The zero-order chi connectivity index (χ0) is 14.4. The third kappa shape index (κ3) is 4.13. The smallest absolute Gasteiger partial charge is 0.128 e. The van der Waals surface area contributed by atoms with Gasteiger partial charge in [-0.3, -0.25) is 0 Å². The van der Waals surface area contributed by atoms with E-state index in [2.05, 4.69) is 6.92 Å². The molecule has 20 heavy (non-hydrogen) atoms. The van der Waals surface area contributed by atoms with E-state index in [1.165, 1.54) is 32.1 Å². The maximum absolute atomic E-state index is 10.4. The number of ether oxygens (including phenoxy) is 1. The number of aliphatic hydroxyl groups is 1. The molecule has 0 amide bonds. The van der Waals surface area contributed by atoms with Crippen LogP contribution in [0.4, 0.5) is 0 Å². The molecule has 1 N–H and O–H groups in total. The van der Waals surface area contributed by atoms with Crippen LogP contribution in [0.3, 0.4) is 0 Å². The molecule has 1 aromatic rings. The average Bonchev–Trinajstić information content (AvgIpc) is 2.89. The van der Waals surface area contributed by atoms with Crippen LogP contribution in [0.25, 0.3) is 0 Å². The summed E-state index contributed by atoms with van der Waals surface area (Å²) in [6, 6.07) is 3.80. The summed E-state index contributed by atoms with van der Waals surface area (Å²) in [6.07, 6.45) is 8.66. The second-order valence-corrected chi connectivity index (χ2v) is 6.09. The average molecular weight is 297 g/mol. The monoisotopic (exact) mass is 296 g/mol. The van der Waals surface area contributed by atoms with E-state index < -0.39 is 6.10 Å². The molecule has 0 fully saturated rings. The first kappa shape index (κ1) is 15.7. The van der Waals surface area contributed by atoms with Crippen molar-refractivity contribution < 1.29 is 9.84 Å². The maximum atomic E-state index is 10.4. The van der Waals surface area contributed by atoms with Gasteiger partial charge < -0.3 is 9.84 Å². The molecule has 0 saturated heterocycles. The quantitative estimate of drug-likeness (QED) is 0.680. The molecule has 0 radical (unpaired) electrons. The highest BCUT2D eigenvalue weighted by Crippen LogP contribution is 2.37. The van der Waals surface area contributed by atoms with Gasteiger partial charge in [0.05, 0.1) is 12.7 Å². The highest BCUT2D eigenvalue weighted by molar-refractivity contribution is 6.30. The van der Waals surface area contributed by atoms with E-state index in [0.29, 0.717) is 11.6 Å². The molecule has 0 aromatic heterocycles. The maximum Gasteiger partial charge on any atom is 0.128 e. The highest BCUT2D eigenvalue weighted by atomic mass is 35.5. The van der Waals surface area contributed by atoms with Crippen LogP contribution in [-0.2, 0) is 6.42 Å². The molecule has 0 bridgehead atoms. The van der Waals surface area contributed by atoms with E-state index in [1.54, 1.807) is 0 Å². The number of halogens is 1. The minimum Gasteiger partial charge on any atom is -0.493 e. The highest BCUT2D eigenvalue weighted by Gasteiger charge is 2.21. The molecule has 1 aliphatic rings. The Kier molecular flexibility index (Phi) is 6.18. The molecular formula is C17H25ClO2. The first-order valence-electron chi connectivity index (χ1n) is 7.85. The number of fused-ring (bicyclic) bond motifs is 1. The zero-order valence-electron chi connectivity index (χ0n) is 12.3. The summed E-state index contributed by atoms with van der Waals surface area (Å²) in [6.45, 7) is 2.93.